The van der Waals surface area contributed by atoms with E-state index in [1.807, 2.05) is 0 Å². The molecular formula is C21H33N5. The summed E-state index contributed by atoms with van der Waals surface area (Å²) in [4.78, 5) is 9.63. The summed E-state index contributed by atoms with van der Waals surface area (Å²) < 4.78 is 0. The Labute approximate surface area is 158 Å². The highest BCUT2D eigenvalue weighted by Gasteiger charge is 2.16. The lowest BCUT2D eigenvalue weighted by Crippen LogP contribution is -2.46. The van der Waals surface area contributed by atoms with Gasteiger partial charge in [0.25, 0.3) is 0 Å². The van der Waals surface area contributed by atoms with Gasteiger partial charge in [0, 0.05) is 45.0 Å². The lowest BCUT2D eigenvalue weighted by atomic mass is 10.2. The number of nitrogens with one attached hydrogen (secondary N) is 2. The van der Waals surface area contributed by atoms with Crippen LogP contribution in [0.15, 0.2) is 29.3 Å². The Morgan fingerprint density at radius 2 is 2.00 bits per heavy atom. The minimum Gasteiger partial charge on any atom is -0.369 e. The molecule has 0 spiro atoms. The third-order valence-corrected chi connectivity index (χ3v) is 4.59. The molecule has 2 N–H and O–H groups in total. The SMILES string of the molecule is C#CCNC(=NCCCCN1CCN(c2cccc(C)c2)CC1)NCC. The number of terminal acetylenes is 1. The molecule has 1 saturated heterocycles. The van der Waals surface area contributed by atoms with Gasteiger partial charge in [-0.05, 0) is 50.9 Å². The Balaban J connectivity index is 1.63. The van der Waals surface area contributed by atoms with Crippen molar-refractivity contribution in [3.8, 4) is 12.3 Å². The molecule has 1 aliphatic heterocycles. The maximum Gasteiger partial charge on any atom is 0.192 e. The van der Waals surface area contributed by atoms with Crippen LogP contribution in [0.2, 0.25) is 0 Å². The van der Waals surface area contributed by atoms with E-state index in [0.717, 1.165) is 58.2 Å². The molecule has 0 saturated carbocycles. The van der Waals surface area contributed by atoms with Crippen LogP contribution in [-0.4, -0.2) is 63.2 Å². The van der Waals surface area contributed by atoms with Gasteiger partial charge in [-0.2, -0.15) is 0 Å². The fourth-order valence-corrected chi connectivity index (χ4v) is 3.17. The van der Waals surface area contributed by atoms with Crippen LogP contribution in [-0.2, 0) is 0 Å². The van der Waals surface area contributed by atoms with Crippen LogP contribution in [0.1, 0.15) is 25.3 Å². The van der Waals surface area contributed by atoms with E-state index < -0.39 is 0 Å². The van der Waals surface area contributed by atoms with Gasteiger partial charge < -0.3 is 15.5 Å². The molecule has 0 unspecified atom stereocenters. The molecule has 0 aliphatic carbocycles. The molecule has 1 heterocycles. The van der Waals surface area contributed by atoms with E-state index in [0.29, 0.717) is 6.54 Å². The lowest BCUT2D eigenvalue weighted by molar-refractivity contribution is 0.253. The maximum atomic E-state index is 5.28. The van der Waals surface area contributed by atoms with Crippen LogP contribution in [0.4, 0.5) is 5.69 Å². The van der Waals surface area contributed by atoms with Crippen LogP contribution < -0.4 is 15.5 Å². The molecule has 26 heavy (non-hydrogen) atoms. The van der Waals surface area contributed by atoms with E-state index in [1.165, 1.54) is 17.7 Å². The lowest BCUT2D eigenvalue weighted by Gasteiger charge is -2.36. The summed E-state index contributed by atoms with van der Waals surface area (Å²) in [6, 6.07) is 8.81. The summed E-state index contributed by atoms with van der Waals surface area (Å²) >= 11 is 0. The number of anilines is 1. The summed E-state index contributed by atoms with van der Waals surface area (Å²) in [5.74, 6) is 3.39. The van der Waals surface area contributed by atoms with E-state index in [4.69, 9.17) is 6.42 Å². The molecule has 0 amide bonds. The highest BCUT2D eigenvalue weighted by atomic mass is 15.3. The first kappa shape index (κ1) is 20.1. The molecule has 5 heteroatoms. The smallest absolute Gasteiger partial charge is 0.192 e. The zero-order valence-electron chi connectivity index (χ0n) is 16.3. The van der Waals surface area contributed by atoms with Crippen LogP contribution >= 0.6 is 0 Å². The van der Waals surface area contributed by atoms with Crippen molar-refractivity contribution in [2.75, 3.05) is 57.3 Å². The fourth-order valence-electron chi connectivity index (χ4n) is 3.17. The fraction of sp³-hybridized carbons (Fsp3) is 0.571. The number of rotatable bonds is 8. The molecule has 0 aromatic heterocycles. The van der Waals surface area contributed by atoms with E-state index in [1.54, 1.807) is 0 Å². The first-order valence-electron chi connectivity index (χ1n) is 9.72. The Morgan fingerprint density at radius 3 is 2.69 bits per heavy atom. The van der Waals surface area contributed by atoms with Gasteiger partial charge in [0.15, 0.2) is 5.96 Å². The molecular weight excluding hydrogens is 322 g/mol. The van der Waals surface area contributed by atoms with Crippen LogP contribution in [0.25, 0.3) is 0 Å². The maximum absolute atomic E-state index is 5.28. The number of nitrogens with zero attached hydrogens (tertiary/aromatic N) is 3. The second-order valence-electron chi connectivity index (χ2n) is 6.69. The van der Waals surface area contributed by atoms with Gasteiger partial charge in [0.2, 0.25) is 0 Å². The Kier molecular flexibility index (Phi) is 8.85. The minimum atomic E-state index is 0.511. The van der Waals surface area contributed by atoms with Crippen LogP contribution in [0.5, 0.6) is 0 Å². The monoisotopic (exact) mass is 355 g/mol. The van der Waals surface area contributed by atoms with Crippen molar-refractivity contribution in [3.05, 3.63) is 29.8 Å². The van der Waals surface area contributed by atoms with Crippen molar-refractivity contribution in [1.82, 2.24) is 15.5 Å². The molecule has 0 bridgehead atoms. The average Bonchev–Trinajstić information content (AvgIpc) is 2.66. The summed E-state index contributed by atoms with van der Waals surface area (Å²) in [5.41, 5.74) is 2.69. The Hall–Kier alpha value is -2.19. The third-order valence-electron chi connectivity index (χ3n) is 4.59. The Morgan fingerprint density at radius 1 is 1.19 bits per heavy atom. The molecule has 0 radical (unpaired) electrons. The van der Waals surface area contributed by atoms with E-state index in [9.17, 15) is 0 Å². The summed E-state index contributed by atoms with van der Waals surface area (Å²) in [6.07, 6.45) is 7.57. The number of unbranched alkanes of at least 4 members (excludes halogenated alkanes) is 1. The van der Waals surface area contributed by atoms with E-state index in [2.05, 4.69) is 69.5 Å². The van der Waals surface area contributed by atoms with Gasteiger partial charge >= 0.3 is 0 Å². The van der Waals surface area contributed by atoms with Gasteiger partial charge in [-0.3, -0.25) is 9.89 Å². The Bertz CT molecular complexity index is 597. The number of hydrogen-bond acceptors (Lipinski definition) is 3. The number of benzene rings is 1. The molecule has 0 atom stereocenters. The summed E-state index contributed by atoms with van der Waals surface area (Å²) in [7, 11) is 0. The number of hydrogen-bond donors (Lipinski definition) is 2. The van der Waals surface area contributed by atoms with Crippen molar-refractivity contribution in [2.45, 2.75) is 26.7 Å². The summed E-state index contributed by atoms with van der Waals surface area (Å²) in [6.45, 7) is 12.1. The van der Waals surface area contributed by atoms with Crippen LogP contribution in [0.3, 0.4) is 0 Å². The first-order valence-corrected chi connectivity index (χ1v) is 9.72. The molecule has 5 nitrogen and oxygen atoms in total. The second kappa shape index (κ2) is 11.4. The number of aryl methyl sites for hydroxylation is 1. The predicted octanol–water partition coefficient (Wildman–Crippen LogP) is 2.09. The van der Waals surface area contributed by atoms with Crippen LogP contribution in [0, 0.1) is 19.3 Å². The first-order chi connectivity index (χ1) is 12.7. The number of guanidine groups is 1. The normalized spacial score (nSPS) is 15.6. The molecule has 1 aliphatic rings. The zero-order valence-corrected chi connectivity index (χ0v) is 16.3. The minimum absolute atomic E-state index is 0.511. The van der Waals surface area contributed by atoms with Gasteiger partial charge in [0.05, 0.1) is 6.54 Å². The quantitative estimate of drug-likeness (QED) is 0.324. The second-order valence-corrected chi connectivity index (χ2v) is 6.69. The van der Waals surface area contributed by atoms with Gasteiger partial charge in [-0.25, -0.2) is 0 Å². The highest BCUT2D eigenvalue weighted by molar-refractivity contribution is 5.79. The van der Waals surface area contributed by atoms with Crippen molar-refractivity contribution >= 4 is 11.6 Å². The molecule has 142 valence electrons. The van der Waals surface area contributed by atoms with Gasteiger partial charge in [-0.15, -0.1) is 6.42 Å². The van der Waals surface area contributed by atoms with Crippen molar-refractivity contribution in [3.63, 3.8) is 0 Å². The standard InChI is InChI=1S/C21H33N5/c1-4-11-23-21(22-5-2)24-12-6-7-13-25-14-16-26(17-15-25)20-10-8-9-19(3)18-20/h1,8-10,18H,5-7,11-17H2,2-3H3,(H2,22,23,24). The average molecular weight is 356 g/mol. The van der Waals surface area contributed by atoms with E-state index >= 15 is 0 Å². The molecule has 1 aromatic carbocycles. The van der Waals surface area contributed by atoms with Crippen molar-refractivity contribution in [1.29, 1.82) is 0 Å². The van der Waals surface area contributed by atoms with E-state index in [-0.39, 0.29) is 0 Å². The molecule has 2 rings (SSSR count). The summed E-state index contributed by atoms with van der Waals surface area (Å²) in [5, 5.41) is 6.33. The molecule has 1 aromatic rings. The highest BCUT2D eigenvalue weighted by Crippen LogP contribution is 2.17. The number of piperazine rings is 1. The zero-order chi connectivity index (χ0) is 18.6. The van der Waals surface area contributed by atoms with Crippen molar-refractivity contribution in [2.24, 2.45) is 4.99 Å². The third kappa shape index (κ3) is 6.97. The number of aliphatic imine (C=N–C) groups is 1. The largest absolute Gasteiger partial charge is 0.369 e. The predicted molar refractivity (Wildman–Crippen MR) is 112 cm³/mol. The van der Waals surface area contributed by atoms with Gasteiger partial charge in [0.1, 0.15) is 0 Å². The topological polar surface area (TPSA) is 42.9 Å². The molecule has 1 fully saturated rings. The van der Waals surface area contributed by atoms with Crippen molar-refractivity contribution < 1.29 is 0 Å². The van der Waals surface area contributed by atoms with Gasteiger partial charge in [-0.1, -0.05) is 18.1 Å².